The van der Waals surface area contributed by atoms with E-state index < -0.39 is 0 Å². The first-order chi connectivity index (χ1) is 15.1. The molecule has 0 spiro atoms. The van der Waals surface area contributed by atoms with Gasteiger partial charge >= 0.3 is 0 Å². The number of hydrogen-bond donors (Lipinski definition) is 0. The molecule has 7 nitrogen and oxygen atoms in total. The molecule has 0 radical (unpaired) electrons. The van der Waals surface area contributed by atoms with Crippen LogP contribution in [0.2, 0.25) is 0 Å². The van der Waals surface area contributed by atoms with Crippen LogP contribution in [0, 0.1) is 6.92 Å². The van der Waals surface area contributed by atoms with Gasteiger partial charge in [0.25, 0.3) is 5.91 Å². The average molecular weight is 424 g/mol. The maximum absolute atomic E-state index is 12.6. The van der Waals surface area contributed by atoms with Gasteiger partial charge in [-0.1, -0.05) is 6.07 Å². The lowest BCUT2D eigenvalue weighted by Crippen LogP contribution is -2.39. The predicted octanol–water partition coefficient (Wildman–Crippen LogP) is 3.07. The Hall–Kier alpha value is -2.64. The fourth-order valence-corrected chi connectivity index (χ4v) is 4.67. The van der Waals surface area contributed by atoms with Crippen LogP contribution in [0.3, 0.4) is 0 Å². The van der Waals surface area contributed by atoms with Crippen molar-refractivity contribution in [3.63, 3.8) is 0 Å². The van der Waals surface area contributed by atoms with Gasteiger partial charge in [0.1, 0.15) is 17.7 Å². The summed E-state index contributed by atoms with van der Waals surface area (Å²) in [6.45, 7) is 6.92. The lowest BCUT2D eigenvalue weighted by Gasteiger charge is -2.34. The number of hydrogen-bond acceptors (Lipinski definition) is 6. The number of methoxy groups -OCH3 is 1. The Kier molecular flexibility index (Phi) is 5.54. The molecule has 0 bridgehead atoms. The quantitative estimate of drug-likeness (QED) is 0.712. The van der Waals surface area contributed by atoms with Crippen LogP contribution >= 0.6 is 0 Å². The maximum Gasteiger partial charge on any atom is 0.256 e. The van der Waals surface area contributed by atoms with Crippen molar-refractivity contribution >= 4 is 11.7 Å². The van der Waals surface area contributed by atoms with Crippen LogP contribution in [0.5, 0.6) is 5.75 Å². The van der Waals surface area contributed by atoms with Gasteiger partial charge in [-0.3, -0.25) is 4.79 Å². The molecule has 1 aromatic carbocycles. The number of carbonyl (C=O) groups excluding carboxylic acids is 1. The van der Waals surface area contributed by atoms with Crippen LogP contribution in [-0.2, 0) is 29.2 Å². The Bertz CT molecular complexity index is 985. The molecule has 31 heavy (non-hydrogen) atoms. The number of benzene rings is 1. The van der Waals surface area contributed by atoms with Crippen molar-refractivity contribution in [2.24, 2.45) is 0 Å². The largest absolute Gasteiger partial charge is 0.490 e. The summed E-state index contributed by atoms with van der Waals surface area (Å²) in [5.41, 5.74) is 5.16. The zero-order chi connectivity index (χ0) is 21.4. The third-order valence-corrected chi connectivity index (χ3v) is 6.43. The van der Waals surface area contributed by atoms with E-state index in [2.05, 4.69) is 23.1 Å². The van der Waals surface area contributed by atoms with Gasteiger partial charge in [-0.25, -0.2) is 4.98 Å². The number of aryl methyl sites for hydroxylation is 1. The van der Waals surface area contributed by atoms with Crippen LogP contribution in [0.4, 0.5) is 5.82 Å². The van der Waals surface area contributed by atoms with Gasteiger partial charge in [-0.15, -0.1) is 0 Å². The smallest absolute Gasteiger partial charge is 0.256 e. The second-order valence-corrected chi connectivity index (χ2v) is 8.57. The van der Waals surface area contributed by atoms with E-state index in [-0.39, 0.29) is 12.0 Å². The molecular formula is C24H29N3O4. The summed E-state index contributed by atoms with van der Waals surface area (Å²) in [6.07, 6.45) is 2.10. The Morgan fingerprint density at radius 2 is 1.97 bits per heavy atom. The van der Waals surface area contributed by atoms with E-state index in [4.69, 9.17) is 19.2 Å². The minimum absolute atomic E-state index is 0.0565. The maximum atomic E-state index is 12.6. The SMILES string of the molecule is COCCN1Cc2nc(N3CCC(Oc4ccc5c(c4)COC5)CC3)c(C)cc2C1=O. The van der Waals surface area contributed by atoms with Crippen molar-refractivity contribution in [3.05, 3.63) is 52.2 Å². The summed E-state index contributed by atoms with van der Waals surface area (Å²) in [5.74, 6) is 1.98. The topological polar surface area (TPSA) is 64.1 Å². The molecule has 4 heterocycles. The van der Waals surface area contributed by atoms with Crippen LogP contribution in [0.1, 0.15) is 45.6 Å². The van der Waals surface area contributed by atoms with Gasteiger partial charge in [0, 0.05) is 39.6 Å². The lowest BCUT2D eigenvalue weighted by molar-refractivity contribution is 0.0718. The number of amides is 1. The van der Waals surface area contributed by atoms with Crippen molar-refractivity contribution in [2.75, 3.05) is 38.3 Å². The molecule has 2 aromatic rings. The van der Waals surface area contributed by atoms with Crippen LogP contribution < -0.4 is 9.64 Å². The molecule has 1 aromatic heterocycles. The average Bonchev–Trinajstić information content (AvgIpc) is 3.36. The highest BCUT2D eigenvalue weighted by molar-refractivity contribution is 5.98. The predicted molar refractivity (Wildman–Crippen MR) is 116 cm³/mol. The number of fused-ring (bicyclic) bond motifs is 2. The van der Waals surface area contributed by atoms with Crippen molar-refractivity contribution in [2.45, 2.75) is 45.6 Å². The fourth-order valence-electron chi connectivity index (χ4n) is 4.67. The molecule has 5 rings (SSSR count). The standard InChI is InChI=1S/C24H29N3O4/c1-16-11-21-22(13-27(24(21)28)9-10-29-2)25-23(16)26-7-5-19(6-8-26)31-20-4-3-17-14-30-15-18(17)12-20/h3-4,11-12,19H,5-10,13-15H2,1-2H3. The highest BCUT2D eigenvalue weighted by Gasteiger charge is 2.31. The Labute approximate surface area is 182 Å². The van der Waals surface area contributed by atoms with E-state index in [1.807, 2.05) is 17.9 Å². The molecule has 1 amide bonds. The van der Waals surface area contributed by atoms with Gasteiger partial charge in [-0.2, -0.15) is 0 Å². The van der Waals surface area contributed by atoms with Crippen LogP contribution in [0.15, 0.2) is 24.3 Å². The molecule has 0 aliphatic carbocycles. The number of nitrogens with zero attached hydrogens (tertiary/aromatic N) is 3. The third kappa shape index (κ3) is 4.00. The zero-order valence-electron chi connectivity index (χ0n) is 18.2. The van der Waals surface area contributed by atoms with E-state index in [0.717, 1.165) is 54.3 Å². The lowest BCUT2D eigenvalue weighted by atomic mass is 10.1. The third-order valence-electron chi connectivity index (χ3n) is 6.43. The summed E-state index contributed by atoms with van der Waals surface area (Å²) in [4.78, 5) is 21.7. The van der Waals surface area contributed by atoms with Gasteiger partial charge in [-0.05, 0) is 41.8 Å². The first-order valence-electron chi connectivity index (χ1n) is 11.0. The number of aromatic nitrogens is 1. The summed E-state index contributed by atoms with van der Waals surface area (Å²) in [5, 5.41) is 0. The van der Waals surface area contributed by atoms with Crippen molar-refractivity contribution < 1.29 is 19.0 Å². The first-order valence-corrected chi connectivity index (χ1v) is 11.0. The number of rotatable bonds is 6. The highest BCUT2D eigenvalue weighted by atomic mass is 16.5. The number of anilines is 1. The highest BCUT2D eigenvalue weighted by Crippen LogP contribution is 2.30. The number of ether oxygens (including phenoxy) is 3. The second kappa shape index (κ2) is 8.48. The fraction of sp³-hybridized carbons (Fsp3) is 0.500. The minimum atomic E-state index is 0.0565. The number of piperidine rings is 1. The summed E-state index contributed by atoms with van der Waals surface area (Å²) in [7, 11) is 1.65. The molecule has 0 N–H and O–H groups in total. The molecule has 0 saturated carbocycles. The number of carbonyl (C=O) groups is 1. The molecule has 7 heteroatoms. The van der Waals surface area contributed by atoms with E-state index in [0.29, 0.717) is 32.9 Å². The molecule has 0 unspecified atom stereocenters. The summed E-state index contributed by atoms with van der Waals surface area (Å²) >= 11 is 0. The first kappa shape index (κ1) is 20.3. The van der Waals surface area contributed by atoms with E-state index in [1.165, 1.54) is 11.1 Å². The van der Waals surface area contributed by atoms with Crippen molar-refractivity contribution in [1.29, 1.82) is 0 Å². The van der Waals surface area contributed by atoms with E-state index in [9.17, 15) is 4.79 Å². The summed E-state index contributed by atoms with van der Waals surface area (Å²) < 4.78 is 16.9. The molecule has 1 fully saturated rings. The van der Waals surface area contributed by atoms with Gasteiger partial charge in [0.05, 0.1) is 37.6 Å². The van der Waals surface area contributed by atoms with Gasteiger partial charge < -0.3 is 24.0 Å². The Morgan fingerprint density at radius 1 is 1.16 bits per heavy atom. The molecule has 3 aliphatic heterocycles. The van der Waals surface area contributed by atoms with Crippen molar-refractivity contribution in [1.82, 2.24) is 9.88 Å². The minimum Gasteiger partial charge on any atom is -0.490 e. The van der Waals surface area contributed by atoms with Crippen molar-refractivity contribution in [3.8, 4) is 5.75 Å². The monoisotopic (exact) mass is 423 g/mol. The Balaban J connectivity index is 1.23. The van der Waals surface area contributed by atoms with Gasteiger partial charge in [0.2, 0.25) is 0 Å². The van der Waals surface area contributed by atoms with Crippen LogP contribution in [0.25, 0.3) is 0 Å². The van der Waals surface area contributed by atoms with E-state index in [1.54, 1.807) is 7.11 Å². The second-order valence-electron chi connectivity index (χ2n) is 8.57. The Morgan fingerprint density at radius 3 is 2.77 bits per heavy atom. The molecule has 164 valence electrons. The number of pyridine rings is 1. The normalized spacial score (nSPS) is 18.5. The molecule has 3 aliphatic rings. The molecule has 1 saturated heterocycles. The molecule has 0 atom stereocenters. The summed E-state index contributed by atoms with van der Waals surface area (Å²) in [6, 6.07) is 8.29. The van der Waals surface area contributed by atoms with E-state index >= 15 is 0 Å². The molecular weight excluding hydrogens is 394 g/mol. The zero-order valence-corrected chi connectivity index (χ0v) is 18.2. The van der Waals surface area contributed by atoms with Crippen LogP contribution in [-0.4, -0.2) is 55.2 Å². The van der Waals surface area contributed by atoms with Gasteiger partial charge in [0.15, 0.2) is 0 Å².